The molecule has 0 N–H and O–H groups in total. The Balaban J connectivity index is 1.99. The molecule has 8 nitrogen and oxygen atoms in total. The lowest BCUT2D eigenvalue weighted by atomic mass is 10.3. The second-order valence-electron chi connectivity index (χ2n) is 5.03. The van der Waals surface area contributed by atoms with Crippen LogP contribution in [0.4, 0.5) is 0 Å². The number of benzene rings is 1. The molecule has 2 heterocycles. The number of hydrogen-bond donors (Lipinski definition) is 0. The topological polar surface area (TPSA) is 94.1 Å². The zero-order valence-electron chi connectivity index (χ0n) is 12.4. The first-order valence-electron chi connectivity index (χ1n) is 6.56. The third-order valence-corrected chi connectivity index (χ3v) is 5.50. The number of nitrogens with zero attached hydrogens (tertiary/aromatic N) is 5. The fraction of sp³-hybridized carbons (Fsp3) is 0.308. The third-order valence-electron chi connectivity index (χ3n) is 3.67. The van der Waals surface area contributed by atoms with Gasteiger partial charge in [0.1, 0.15) is 10.4 Å². The molecule has 0 amide bonds. The van der Waals surface area contributed by atoms with Gasteiger partial charge in [-0.2, -0.15) is 9.40 Å². The molecule has 0 saturated carbocycles. The Hall–Kier alpha value is -2.26. The SMILES string of the molecule is Cc1c(CN(C)S(=O)(=O)c2cccc3nonc23)cnn1C. The van der Waals surface area contributed by atoms with Gasteiger partial charge < -0.3 is 0 Å². The van der Waals surface area contributed by atoms with Gasteiger partial charge in [-0.05, 0) is 29.4 Å². The molecule has 9 heteroatoms. The van der Waals surface area contributed by atoms with E-state index in [-0.39, 0.29) is 17.0 Å². The Morgan fingerprint density at radius 3 is 2.77 bits per heavy atom. The molecule has 0 aliphatic carbocycles. The summed E-state index contributed by atoms with van der Waals surface area (Å²) in [6.45, 7) is 2.12. The predicted molar refractivity (Wildman–Crippen MR) is 78.4 cm³/mol. The second kappa shape index (κ2) is 5.18. The maximum atomic E-state index is 12.8. The highest BCUT2D eigenvalue weighted by Crippen LogP contribution is 2.24. The zero-order valence-corrected chi connectivity index (χ0v) is 13.2. The maximum Gasteiger partial charge on any atom is 0.245 e. The van der Waals surface area contributed by atoms with Gasteiger partial charge in [0.15, 0.2) is 5.52 Å². The highest BCUT2D eigenvalue weighted by Gasteiger charge is 2.26. The lowest BCUT2D eigenvalue weighted by Gasteiger charge is -2.17. The van der Waals surface area contributed by atoms with Crippen LogP contribution in [0.5, 0.6) is 0 Å². The quantitative estimate of drug-likeness (QED) is 0.714. The summed E-state index contributed by atoms with van der Waals surface area (Å²) in [6, 6.07) is 4.76. The normalized spacial score (nSPS) is 12.4. The molecule has 0 fully saturated rings. The van der Waals surface area contributed by atoms with Crippen molar-refractivity contribution in [3.63, 3.8) is 0 Å². The van der Waals surface area contributed by atoms with Gasteiger partial charge in [-0.3, -0.25) is 4.68 Å². The minimum Gasteiger partial charge on any atom is -0.273 e. The van der Waals surface area contributed by atoms with E-state index in [1.165, 1.54) is 17.4 Å². The Morgan fingerprint density at radius 2 is 2.09 bits per heavy atom. The summed E-state index contributed by atoms with van der Waals surface area (Å²) in [7, 11) is -0.371. The van der Waals surface area contributed by atoms with Crippen LogP contribution in [-0.4, -0.2) is 39.9 Å². The molecule has 0 aliphatic heterocycles. The highest BCUT2D eigenvalue weighted by molar-refractivity contribution is 7.89. The fourth-order valence-corrected chi connectivity index (χ4v) is 3.46. The number of fused-ring (bicyclic) bond motifs is 1. The summed E-state index contributed by atoms with van der Waals surface area (Å²) in [5.74, 6) is 0. The van der Waals surface area contributed by atoms with Gasteiger partial charge in [-0.15, -0.1) is 0 Å². The van der Waals surface area contributed by atoms with Gasteiger partial charge in [0.2, 0.25) is 10.0 Å². The summed E-state index contributed by atoms with van der Waals surface area (Å²) in [6.07, 6.45) is 1.67. The van der Waals surface area contributed by atoms with Crippen molar-refractivity contribution in [3.05, 3.63) is 35.7 Å². The van der Waals surface area contributed by atoms with E-state index >= 15 is 0 Å². The summed E-state index contributed by atoms with van der Waals surface area (Å²) < 4.78 is 33.1. The lowest BCUT2D eigenvalue weighted by molar-refractivity contribution is 0.315. The number of aryl methyl sites for hydroxylation is 1. The average Bonchev–Trinajstić information content (AvgIpc) is 3.08. The third kappa shape index (κ3) is 2.28. The van der Waals surface area contributed by atoms with Crippen LogP contribution in [0.1, 0.15) is 11.3 Å². The summed E-state index contributed by atoms with van der Waals surface area (Å²) in [4.78, 5) is 0.0790. The summed E-state index contributed by atoms with van der Waals surface area (Å²) >= 11 is 0. The maximum absolute atomic E-state index is 12.8. The molecular weight excluding hydrogens is 306 g/mol. The van der Waals surface area contributed by atoms with Gasteiger partial charge in [0, 0.05) is 31.9 Å². The molecule has 0 atom stereocenters. The minimum atomic E-state index is -3.71. The molecule has 0 unspecified atom stereocenters. The Bertz CT molecular complexity index is 928. The lowest BCUT2D eigenvalue weighted by Crippen LogP contribution is -2.27. The molecule has 116 valence electrons. The van der Waals surface area contributed by atoms with Gasteiger partial charge in [0.05, 0.1) is 6.20 Å². The van der Waals surface area contributed by atoms with E-state index in [2.05, 4.69) is 20.0 Å². The van der Waals surface area contributed by atoms with E-state index in [0.29, 0.717) is 5.52 Å². The van der Waals surface area contributed by atoms with Crippen LogP contribution in [0, 0.1) is 6.92 Å². The molecule has 0 spiro atoms. The average molecular weight is 321 g/mol. The molecule has 3 rings (SSSR count). The molecule has 0 saturated heterocycles. The van der Waals surface area contributed by atoms with Crippen molar-refractivity contribution in [2.24, 2.45) is 7.05 Å². The molecule has 1 aromatic carbocycles. The van der Waals surface area contributed by atoms with E-state index in [1.54, 1.807) is 23.0 Å². The van der Waals surface area contributed by atoms with Crippen LogP contribution in [0.2, 0.25) is 0 Å². The van der Waals surface area contributed by atoms with E-state index in [0.717, 1.165) is 11.3 Å². The van der Waals surface area contributed by atoms with Crippen LogP contribution >= 0.6 is 0 Å². The van der Waals surface area contributed by atoms with E-state index in [9.17, 15) is 8.42 Å². The Kier molecular flexibility index (Phi) is 3.45. The molecule has 22 heavy (non-hydrogen) atoms. The first-order valence-corrected chi connectivity index (χ1v) is 8.00. The molecule has 3 aromatic rings. The van der Waals surface area contributed by atoms with Crippen molar-refractivity contribution in [3.8, 4) is 0 Å². The van der Waals surface area contributed by atoms with Crippen molar-refractivity contribution < 1.29 is 13.0 Å². The molecular formula is C13H15N5O3S. The summed E-state index contributed by atoms with van der Waals surface area (Å²) in [5.41, 5.74) is 2.41. The van der Waals surface area contributed by atoms with Crippen LogP contribution in [0.25, 0.3) is 11.0 Å². The Labute approximate surface area is 127 Å². The fourth-order valence-electron chi connectivity index (χ4n) is 2.18. The highest BCUT2D eigenvalue weighted by atomic mass is 32.2. The number of aromatic nitrogens is 4. The Morgan fingerprint density at radius 1 is 1.32 bits per heavy atom. The molecule has 2 aromatic heterocycles. The van der Waals surface area contributed by atoms with Crippen LogP contribution in [-0.2, 0) is 23.6 Å². The van der Waals surface area contributed by atoms with E-state index in [4.69, 9.17) is 0 Å². The van der Waals surface area contributed by atoms with Crippen LogP contribution < -0.4 is 0 Å². The van der Waals surface area contributed by atoms with Gasteiger partial charge in [-0.1, -0.05) is 6.07 Å². The van der Waals surface area contributed by atoms with E-state index < -0.39 is 10.0 Å². The van der Waals surface area contributed by atoms with E-state index in [1.807, 2.05) is 14.0 Å². The molecule has 0 aliphatic rings. The number of hydrogen-bond acceptors (Lipinski definition) is 6. The van der Waals surface area contributed by atoms with Crippen molar-refractivity contribution in [1.82, 2.24) is 24.4 Å². The van der Waals surface area contributed by atoms with Gasteiger partial charge in [0.25, 0.3) is 0 Å². The minimum absolute atomic E-state index is 0.0790. The van der Waals surface area contributed by atoms with Crippen LogP contribution in [0.15, 0.2) is 33.9 Å². The summed E-state index contributed by atoms with van der Waals surface area (Å²) in [5, 5.41) is 11.5. The molecule has 0 radical (unpaired) electrons. The first kappa shape index (κ1) is 14.7. The largest absolute Gasteiger partial charge is 0.273 e. The first-order chi connectivity index (χ1) is 10.4. The van der Waals surface area contributed by atoms with Crippen molar-refractivity contribution in [1.29, 1.82) is 0 Å². The van der Waals surface area contributed by atoms with Crippen molar-refractivity contribution >= 4 is 21.1 Å². The van der Waals surface area contributed by atoms with Gasteiger partial charge >= 0.3 is 0 Å². The number of rotatable bonds is 4. The zero-order chi connectivity index (χ0) is 15.9. The second-order valence-corrected chi connectivity index (χ2v) is 7.04. The molecule has 0 bridgehead atoms. The van der Waals surface area contributed by atoms with Crippen molar-refractivity contribution in [2.75, 3.05) is 7.05 Å². The van der Waals surface area contributed by atoms with Gasteiger partial charge in [-0.25, -0.2) is 13.0 Å². The van der Waals surface area contributed by atoms with Crippen LogP contribution in [0.3, 0.4) is 0 Å². The predicted octanol–water partition coefficient (Wildman–Crippen LogP) is 1.09. The standard InChI is InChI=1S/C13H15N5O3S/c1-9-10(7-14-18(9)3)8-17(2)22(19,20)12-6-4-5-11-13(12)16-21-15-11/h4-7H,8H2,1-3H3. The van der Waals surface area contributed by atoms with Crippen molar-refractivity contribution in [2.45, 2.75) is 18.4 Å². The monoisotopic (exact) mass is 321 g/mol. The smallest absolute Gasteiger partial charge is 0.245 e. The number of sulfonamides is 1.